The van der Waals surface area contributed by atoms with E-state index in [1.165, 1.54) is 54.2 Å². The second kappa shape index (κ2) is 15.7. The van der Waals surface area contributed by atoms with Crippen molar-refractivity contribution in [2.24, 2.45) is 0 Å². The molecule has 276 valence electrons. The van der Waals surface area contributed by atoms with Crippen LogP contribution >= 0.6 is 0 Å². The molecule has 4 aromatic heterocycles. The van der Waals surface area contributed by atoms with E-state index in [2.05, 4.69) is 38.9 Å². The van der Waals surface area contributed by atoms with Gasteiger partial charge in [0.2, 0.25) is 0 Å². The summed E-state index contributed by atoms with van der Waals surface area (Å²) in [5, 5.41) is 1.84. The maximum Gasteiger partial charge on any atom is 0.337 e. The van der Waals surface area contributed by atoms with Gasteiger partial charge in [0, 0.05) is 53.2 Å². The van der Waals surface area contributed by atoms with E-state index in [-0.39, 0.29) is 10.7 Å². The van der Waals surface area contributed by atoms with E-state index in [4.69, 9.17) is 14.2 Å². The molecule has 0 fully saturated rings. The van der Waals surface area contributed by atoms with Crippen LogP contribution in [-0.2, 0) is 21.3 Å². The Morgan fingerprint density at radius 2 is 1.16 bits per heavy atom. The molecule has 0 bridgehead atoms. The lowest BCUT2D eigenvalue weighted by molar-refractivity contribution is 0.0600. The molecular weight excluding hydrogens is 720 g/mol. The van der Waals surface area contributed by atoms with Gasteiger partial charge in [-0.25, -0.2) is 21.6 Å². The average Bonchev–Trinajstić information content (AvgIpc) is 3.87. The number of methoxy groups -OCH3 is 3. The number of benzene rings is 4. The molecule has 10 nitrogen and oxygen atoms in total. The molecule has 55 heavy (non-hydrogen) atoms. The van der Waals surface area contributed by atoms with Crippen molar-refractivity contribution < 1.29 is 31.8 Å². The summed E-state index contributed by atoms with van der Waals surface area (Å²) in [5.74, 6) is 0.719. The minimum absolute atomic E-state index is 0.136. The molecule has 0 spiro atoms. The summed E-state index contributed by atoms with van der Waals surface area (Å²) >= 11 is 0. The number of nitrogens with zero attached hydrogens (tertiary/aromatic N) is 4. The van der Waals surface area contributed by atoms with Gasteiger partial charge in [-0.2, -0.15) is 0 Å². The molecule has 0 N–H and O–H groups in total. The van der Waals surface area contributed by atoms with Crippen LogP contribution in [0.15, 0.2) is 151 Å². The van der Waals surface area contributed by atoms with Gasteiger partial charge in [0.15, 0.2) is 0 Å². The van der Waals surface area contributed by atoms with E-state index in [0.717, 1.165) is 39.8 Å². The normalized spacial score (nSPS) is 11.2. The van der Waals surface area contributed by atoms with Crippen molar-refractivity contribution in [2.75, 3.05) is 21.3 Å². The summed E-state index contributed by atoms with van der Waals surface area (Å²) in [5.41, 5.74) is 6.01. The van der Waals surface area contributed by atoms with Gasteiger partial charge >= 0.3 is 5.97 Å². The van der Waals surface area contributed by atoms with Crippen LogP contribution in [0, 0.1) is 5.82 Å². The summed E-state index contributed by atoms with van der Waals surface area (Å²) in [4.78, 5) is 20.8. The van der Waals surface area contributed by atoms with Crippen LogP contribution in [0.25, 0.3) is 44.3 Å². The van der Waals surface area contributed by atoms with Gasteiger partial charge in [0.25, 0.3) is 10.0 Å². The van der Waals surface area contributed by atoms with Crippen molar-refractivity contribution in [3.8, 4) is 34.0 Å². The van der Waals surface area contributed by atoms with Crippen molar-refractivity contribution in [1.29, 1.82) is 0 Å². The van der Waals surface area contributed by atoms with E-state index in [1.807, 2.05) is 18.2 Å². The first kappa shape index (κ1) is 36.6. The summed E-state index contributed by atoms with van der Waals surface area (Å²) in [7, 11) is 0.641. The smallest absolute Gasteiger partial charge is 0.337 e. The fourth-order valence-electron chi connectivity index (χ4n) is 6.24. The van der Waals surface area contributed by atoms with E-state index in [1.54, 1.807) is 80.2 Å². The molecule has 0 aliphatic rings. The first-order valence-corrected chi connectivity index (χ1v) is 18.5. The largest absolute Gasteiger partial charge is 0.497 e. The van der Waals surface area contributed by atoms with Crippen LogP contribution in [0.3, 0.4) is 0 Å². The Hall–Kier alpha value is -6.79. The average molecular weight is 755 g/mol. The monoisotopic (exact) mass is 754 g/mol. The van der Waals surface area contributed by atoms with Gasteiger partial charge in [0.05, 0.1) is 54.2 Å². The third-order valence-corrected chi connectivity index (χ3v) is 10.8. The highest BCUT2D eigenvalue weighted by Gasteiger charge is 2.22. The Morgan fingerprint density at radius 3 is 1.75 bits per heavy atom. The molecule has 0 aliphatic carbocycles. The molecule has 12 heteroatoms. The maximum atomic E-state index is 13.3. The third kappa shape index (κ3) is 7.53. The number of pyridine rings is 2. The first-order chi connectivity index (χ1) is 26.7. The molecule has 0 unspecified atom stereocenters. The summed E-state index contributed by atoms with van der Waals surface area (Å²) in [6.07, 6.45) is 6.98. The standard InChI is InChI=1S/C22H18N2O5S.C21H17FN2O/c1-28-18-7-9-19(10-8-18)30(26,27)24-14-12-16-11-13-23-20(21(16)24)15-3-5-17(6-4-15)22(25)29-2;1-25-19-8-2-15(3-9-19)14-24-13-11-17-10-12-23-20(21(17)24)16-4-6-18(22)7-5-16/h3-14H,1-2H3;2-13H,14H2,1H3. The molecule has 8 aromatic rings. The second-order valence-electron chi connectivity index (χ2n) is 12.4. The number of aromatic nitrogens is 4. The van der Waals surface area contributed by atoms with Gasteiger partial charge in [-0.1, -0.05) is 24.3 Å². The van der Waals surface area contributed by atoms with Gasteiger partial charge in [-0.05, 0) is 103 Å². The minimum Gasteiger partial charge on any atom is -0.497 e. The number of esters is 1. The van der Waals surface area contributed by atoms with Crippen LogP contribution in [0.1, 0.15) is 15.9 Å². The fraction of sp³-hybridized carbons (Fsp3) is 0.0930. The summed E-state index contributed by atoms with van der Waals surface area (Å²) < 4.78 is 58.3. The van der Waals surface area contributed by atoms with Crippen molar-refractivity contribution in [2.45, 2.75) is 11.4 Å². The lowest BCUT2D eigenvalue weighted by Crippen LogP contribution is -2.12. The van der Waals surface area contributed by atoms with E-state index < -0.39 is 16.0 Å². The van der Waals surface area contributed by atoms with Crippen LogP contribution in [0.5, 0.6) is 11.5 Å². The fourth-order valence-corrected chi connectivity index (χ4v) is 7.60. The van der Waals surface area contributed by atoms with Gasteiger partial charge < -0.3 is 18.8 Å². The number of carbonyl (C=O) groups excluding carboxylic acids is 1. The Bertz CT molecular complexity index is 2710. The zero-order valence-corrected chi connectivity index (χ0v) is 30.9. The zero-order valence-electron chi connectivity index (χ0n) is 30.1. The van der Waals surface area contributed by atoms with Crippen molar-refractivity contribution in [3.63, 3.8) is 0 Å². The van der Waals surface area contributed by atoms with E-state index >= 15 is 0 Å². The van der Waals surface area contributed by atoms with Crippen LogP contribution < -0.4 is 9.47 Å². The minimum atomic E-state index is -3.86. The van der Waals surface area contributed by atoms with Crippen molar-refractivity contribution >= 4 is 37.8 Å². The number of hydrogen-bond donors (Lipinski definition) is 0. The number of ether oxygens (including phenoxy) is 3. The molecule has 4 aromatic carbocycles. The van der Waals surface area contributed by atoms with Gasteiger partial charge in [-0.3, -0.25) is 9.97 Å². The molecule has 0 radical (unpaired) electrons. The molecule has 0 amide bonds. The number of halogens is 1. The SMILES string of the molecule is COC(=O)c1ccc(-c2nccc3ccn(S(=O)(=O)c4ccc(OC)cc4)c23)cc1.COc1ccc(Cn2ccc3ccnc(-c4ccc(F)cc4)c32)cc1. The number of carbonyl (C=O) groups is 1. The first-order valence-electron chi connectivity index (χ1n) is 17.1. The van der Waals surface area contributed by atoms with Gasteiger partial charge in [0.1, 0.15) is 17.3 Å². The predicted molar refractivity (Wildman–Crippen MR) is 209 cm³/mol. The molecule has 0 aliphatic heterocycles. The molecule has 8 rings (SSSR count). The Morgan fingerprint density at radius 1 is 0.636 bits per heavy atom. The number of rotatable bonds is 9. The van der Waals surface area contributed by atoms with E-state index in [9.17, 15) is 17.6 Å². The van der Waals surface area contributed by atoms with E-state index in [0.29, 0.717) is 28.1 Å². The molecule has 0 saturated heterocycles. The van der Waals surface area contributed by atoms with Crippen molar-refractivity contribution in [3.05, 3.63) is 163 Å². The highest BCUT2D eigenvalue weighted by molar-refractivity contribution is 7.90. The number of hydrogen-bond acceptors (Lipinski definition) is 8. The van der Waals surface area contributed by atoms with Crippen molar-refractivity contribution in [1.82, 2.24) is 18.5 Å². The van der Waals surface area contributed by atoms with Crippen LogP contribution in [0.4, 0.5) is 4.39 Å². The summed E-state index contributed by atoms with van der Waals surface area (Å²) in [6.45, 7) is 0.730. The van der Waals surface area contributed by atoms with Crippen LogP contribution in [-0.4, -0.2) is 54.2 Å². The maximum absolute atomic E-state index is 13.3. The lowest BCUT2D eigenvalue weighted by atomic mass is 10.1. The predicted octanol–water partition coefficient (Wildman–Crippen LogP) is 8.63. The Labute approximate surface area is 317 Å². The molecule has 0 atom stereocenters. The highest BCUT2D eigenvalue weighted by atomic mass is 32.2. The molecule has 4 heterocycles. The van der Waals surface area contributed by atoms with Crippen LogP contribution in [0.2, 0.25) is 0 Å². The Balaban J connectivity index is 0.000000172. The lowest BCUT2D eigenvalue weighted by Gasteiger charge is -2.11. The highest BCUT2D eigenvalue weighted by Crippen LogP contribution is 2.32. The Kier molecular flexibility index (Phi) is 10.4. The summed E-state index contributed by atoms with van der Waals surface area (Å²) in [6, 6.07) is 34.9. The van der Waals surface area contributed by atoms with Gasteiger partial charge in [-0.15, -0.1) is 0 Å². The molecular formula is C43H35FN4O6S. The quantitative estimate of drug-likeness (QED) is 0.135. The topological polar surface area (TPSA) is 115 Å². The molecule has 0 saturated carbocycles. The number of fused-ring (bicyclic) bond motifs is 2. The second-order valence-corrected chi connectivity index (χ2v) is 14.2. The third-order valence-electron chi connectivity index (χ3n) is 9.07. The zero-order chi connectivity index (χ0) is 38.5.